The van der Waals surface area contributed by atoms with Crippen molar-refractivity contribution in [2.45, 2.75) is 6.54 Å². The Kier molecular flexibility index (Phi) is 2.95. The molecule has 1 aromatic carbocycles. The van der Waals surface area contributed by atoms with Gasteiger partial charge >= 0.3 is 0 Å². The van der Waals surface area contributed by atoms with Gasteiger partial charge in [-0.05, 0) is 22.9 Å². The van der Waals surface area contributed by atoms with Gasteiger partial charge in [-0.15, -0.1) is 22.7 Å². The van der Waals surface area contributed by atoms with Crippen molar-refractivity contribution in [1.29, 1.82) is 0 Å². The van der Waals surface area contributed by atoms with E-state index in [1.165, 1.54) is 11.3 Å². The third kappa shape index (κ3) is 1.86. The highest BCUT2D eigenvalue weighted by molar-refractivity contribution is 7.17. The molecule has 5 heteroatoms. The zero-order chi connectivity index (χ0) is 12.5. The van der Waals surface area contributed by atoms with Gasteiger partial charge in [0.25, 0.3) is 0 Å². The highest BCUT2D eigenvalue weighted by Crippen LogP contribution is 2.26. The van der Waals surface area contributed by atoms with Gasteiger partial charge in [-0.1, -0.05) is 12.1 Å². The van der Waals surface area contributed by atoms with Crippen molar-refractivity contribution in [3.05, 3.63) is 51.3 Å². The zero-order valence-corrected chi connectivity index (χ0v) is 11.1. The molecule has 0 aliphatic rings. The maximum atomic E-state index is 12.4. The summed E-state index contributed by atoms with van der Waals surface area (Å²) in [5.74, 6) is -0.0287. The smallest absolute Gasteiger partial charge is 0.213 e. The van der Waals surface area contributed by atoms with Gasteiger partial charge in [-0.25, -0.2) is 4.98 Å². The second-order valence-corrected chi connectivity index (χ2v) is 5.66. The molecule has 0 bridgehead atoms. The number of ketones is 1. The summed E-state index contributed by atoms with van der Waals surface area (Å²) in [5.41, 5.74) is 6.72. The quantitative estimate of drug-likeness (QED) is 0.747. The molecule has 0 atom stereocenters. The predicted octanol–water partition coefficient (Wildman–Crippen LogP) is 3.05. The van der Waals surface area contributed by atoms with Crippen molar-refractivity contribution in [2.75, 3.05) is 0 Å². The Morgan fingerprint density at radius 2 is 2.17 bits per heavy atom. The molecular weight excluding hydrogens is 264 g/mol. The highest BCUT2D eigenvalue weighted by Gasteiger charge is 2.16. The number of fused-ring (bicyclic) bond motifs is 1. The van der Waals surface area contributed by atoms with Crippen molar-refractivity contribution in [3.63, 3.8) is 0 Å². The molecule has 2 aromatic heterocycles. The van der Waals surface area contributed by atoms with Crippen LogP contribution in [0.3, 0.4) is 0 Å². The first kappa shape index (κ1) is 11.5. The molecule has 0 aliphatic heterocycles. The summed E-state index contributed by atoms with van der Waals surface area (Å²) in [6.07, 6.45) is 0. The van der Waals surface area contributed by atoms with E-state index in [-0.39, 0.29) is 5.78 Å². The van der Waals surface area contributed by atoms with Crippen LogP contribution in [0.15, 0.2) is 35.0 Å². The number of nitrogens with two attached hydrogens (primary N) is 1. The highest BCUT2D eigenvalue weighted by atomic mass is 32.1. The molecule has 0 radical (unpaired) electrons. The summed E-state index contributed by atoms with van der Waals surface area (Å²) in [5, 5.41) is 5.65. The van der Waals surface area contributed by atoms with E-state index in [9.17, 15) is 4.79 Å². The minimum Gasteiger partial charge on any atom is -0.325 e. The molecule has 0 saturated heterocycles. The normalized spacial score (nSPS) is 10.9. The second-order valence-electron chi connectivity index (χ2n) is 3.80. The lowest BCUT2D eigenvalue weighted by atomic mass is 10.1. The van der Waals surface area contributed by atoms with Crippen LogP contribution in [0.4, 0.5) is 0 Å². The van der Waals surface area contributed by atoms with Crippen LogP contribution in [0.2, 0.25) is 0 Å². The first-order valence-corrected chi connectivity index (χ1v) is 7.21. The molecule has 2 heterocycles. The number of benzene rings is 1. The van der Waals surface area contributed by atoms with Crippen molar-refractivity contribution in [2.24, 2.45) is 5.73 Å². The Morgan fingerprint density at radius 3 is 2.94 bits per heavy atom. The van der Waals surface area contributed by atoms with Crippen molar-refractivity contribution < 1.29 is 4.79 Å². The van der Waals surface area contributed by atoms with Gasteiger partial charge < -0.3 is 5.73 Å². The number of carbonyl (C=O) groups excluding carboxylic acids is 1. The lowest BCUT2D eigenvalue weighted by molar-refractivity contribution is 0.103. The first-order chi connectivity index (χ1) is 8.79. The lowest BCUT2D eigenvalue weighted by Gasteiger charge is -1.99. The molecule has 3 rings (SSSR count). The van der Waals surface area contributed by atoms with Gasteiger partial charge in [0.15, 0.2) is 0 Å². The first-order valence-electron chi connectivity index (χ1n) is 5.45. The standard InChI is InChI=1S/C13H10N2OS2/c14-6-11-15-10(7-18-11)12(16)9-3-1-2-8-4-5-17-13(8)9/h1-5,7H,6,14H2. The average molecular weight is 274 g/mol. The van der Waals surface area contributed by atoms with Crippen LogP contribution in [0.1, 0.15) is 21.1 Å². The number of thiophene rings is 1. The number of carbonyl (C=O) groups is 1. The number of aromatic nitrogens is 1. The van der Waals surface area contributed by atoms with Gasteiger partial charge in [-0.2, -0.15) is 0 Å². The minimum absolute atomic E-state index is 0.0287. The number of hydrogen-bond donors (Lipinski definition) is 1. The summed E-state index contributed by atoms with van der Waals surface area (Å²) < 4.78 is 1.02. The number of nitrogens with zero attached hydrogens (tertiary/aromatic N) is 1. The number of hydrogen-bond acceptors (Lipinski definition) is 5. The maximum Gasteiger partial charge on any atom is 0.213 e. The molecule has 2 N–H and O–H groups in total. The molecule has 90 valence electrons. The van der Waals surface area contributed by atoms with E-state index in [1.54, 1.807) is 16.7 Å². The molecule has 0 unspecified atom stereocenters. The summed E-state index contributed by atoms with van der Waals surface area (Å²) in [4.78, 5) is 16.6. The Balaban J connectivity index is 2.08. The van der Waals surface area contributed by atoms with Crippen LogP contribution in [-0.4, -0.2) is 10.8 Å². The van der Waals surface area contributed by atoms with Crippen LogP contribution < -0.4 is 5.73 Å². The molecule has 3 aromatic rings. The Hall–Kier alpha value is -1.56. The molecule has 0 aliphatic carbocycles. The molecular formula is C13H10N2OS2. The maximum absolute atomic E-state index is 12.4. The second kappa shape index (κ2) is 4.61. The molecule has 0 amide bonds. The van der Waals surface area contributed by atoms with E-state index < -0.39 is 0 Å². The number of thiazole rings is 1. The minimum atomic E-state index is -0.0287. The Labute approximate surface area is 112 Å². The fourth-order valence-electron chi connectivity index (χ4n) is 1.82. The number of rotatable bonds is 3. The van der Waals surface area contributed by atoms with Crippen LogP contribution in [0.5, 0.6) is 0 Å². The van der Waals surface area contributed by atoms with Crippen molar-refractivity contribution in [1.82, 2.24) is 4.98 Å². The molecule has 0 fully saturated rings. The van der Waals surface area contributed by atoms with Gasteiger partial charge in [0.05, 0.1) is 0 Å². The van der Waals surface area contributed by atoms with Crippen molar-refractivity contribution >= 4 is 38.5 Å². The Bertz CT molecular complexity index is 714. The largest absolute Gasteiger partial charge is 0.325 e. The summed E-state index contributed by atoms with van der Waals surface area (Å²) in [6.45, 7) is 0.376. The Morgan fingerprint density at radius 1 is 1.28 bits per heavy atom. The monoisotopic (exact) mass is 274 g/mol. The van der Waals surface area contributed by atoms with Crippen LogP contribution in [-0.2, 0) is 6.54 Å². The SMILES string of the molecule is NCc1nc(C(=O)c2cccc3ccsc23)cs1. The predicted molar refractivity (Wildman–Crippen MR) is 75.3 cm³/mol. The summed E-state index contributed by atoms with van der Waals surface area (Å²) >= 11 is 3.01. The third-order valence-electron chi connectivity index (χ3n) is 2.68. The lowest BCUT2D eigenvalue weighted by Crippen LogP contribution is -2.03. The fraction of sp³-hybridized carbons (Fsp3) is 0.0769. The third-order valence-corrected chi connectivity index (χ3v) is 4.52. The van der Waals surface area contributed by atoms with Gasteiger partial charge in [0.1, 0.15) is 10.7 Å². The van der Waals surface area contributed by atoms with Gasteiger partial charge in [0, 0.05) is 22.2 Å². The van der Waals surface area contributed by atoms with Crippen LogP contribution >= 0.6 is 22.7 Å². The fourth-order valence-corrected chi connectivity index (χ4v) is 3.38. The van der Waals surface area contributed by atoms with E-state index in [1.807, 2.05) is 29.6 Å². The van der Waals surface area contributed by atoms with Gasteiger partial charge in [0.2, 0.25) is 5.78 Å². The zero-order valence-electron chi connectivity index (χ0n) is 9.42. The van der Waals surface area contributed by atoms with E-state index in [2.05, 4.69) is 4.98 Å². The summed E-state index contributed by atoms with van der Waals surface area (Å²) in [6, 6.07) is 7.78. The molecule has 3 nitrogen and oxygen atoms in total. The van der Waals surface area contributed by atoms with Crippen LogP contribution in [0, 0.1) is 0 Å². The van der Waals surface area contributed by atoms with E-state index in [0.29, 0.717) is 12.2 Å². The van der Waals surface area contributed by atoms with Crippen molar-refractivity contribution in [3.8, 4) is 0 Å². The van der Waals surface area contributed by atoms with Gasteiger partial charge in [-0.3, -0.25) is 4.79 Å². The van der Waals surface area contributed by atoms with E-state index in [0.717, 1.165) is 20.7 Å². The molecule has 18 heavy (non-hydrogen) atoms. The molecule has 0 spiro atoms. The topological polar surface area (TPSA) is 56.0 Å². The average Bonchev–Trinajstić information content (AvgIpc) is 3.05. The van der Waals surface area contributed by atoms with E-state index in [4.69, 9.17) is 5.73 Å². The molecule has 0 saturated carbocycles. The summed E-state index contributed by atoms with van der Waals surface area (Å²) in [7, 11) is 0. The van der Waals surface area contributed by atoms with Crippen LogP contribution in [0.25, 0.3) is 10.1 Å². The van der Waals surface area contributed by atoms with E-state index >= 15 is 0 Å².